The number of carbonyl (C=O) groups excluding carboxylic acids is 1. The molecule has 2 heterocycles. The van der Waals surface area contributed by atoms with Crippen molar-refractivity contribution in [2.45, 2.75) is 13.0 Å². The maximum absolute atomic E-state index is 12.8. The molecule has 1 atom stereocenters. The van der Waals surface area contributed by atoms with E-state index >= 15 is 0 Å². The van der Waals surface area contributed by atoms with E-state index in [-0.39, 0.29) is 12.5 Å². The Bertz CT molecular complexity index is 1310. The van der Waals surface area contributed by atoms with Gasteiger partial charge >= 0.3 is 0 Å². The third-order valence-corrected chi connectivity index (χ3v) is 5.16. The lowest BCUT2D eigenvalue weighted by atomic mass is 10.1. The Balaban J connectivity index is 1.55. The maximum Gasteiger partial charge on any atom is 0.268 e. The minimum atomic E-state index is -0.512. The second-order valence-electron chi connectivity index (χ2n) is 7.43. The molecule has 0 saturated carbocycles. The van der Waals surface area contributed by atoms with Crippen LogP contribution in [0.2, 0.25) is 0 Å². The SMILES string of the molecule is Cc1cnc(Nc2ccccc2C#N)nc1-c1c[nH]c(C(=O)N[C@H](CO)c2ccccc2)c1. The third-order valence-electron chi connectivity index (χ3n) is 5.16. The number of aromatic amines is 1. The number of rotatable bonds is 7. The fourth-order valence-electron chi connectivity index (χ4n) is 3.42. The van der Waals surface area contributed by atoms with Crippen LogP contribution in [0.1, 0.15) is 33.2 Å². The first kappa shape index (κ1) is 21.7. The van der Waals surface area contributed by atoms with Gasteiger partial charge in [0.15, 0.2) is 0 Å². The van der Waals surface area contributed by atoms with Gasteiger partial charge in [-0.3, -0.25) is 4.79 Å². The molecule has 0 fully saturated rings. The first-order chi connectivity index (χ1) is 16.1. The number of aromatic nitrogens is 3. The lowest BCUT2D eigenvalue weighted by Gasteiger charge is -2.16. The number of amides is 1. The van der Waals surface area contributed by atoms with E-state index in [1.165, 1.54) is 0 Å². The number of H-pyrrole nitrogens is 1. The van der Waals surface area contributed by atoms with Crippen molar-refractivity contribution in [3.63, 3.8) is 0 Å². The summed E-state index contributed by atoms with van der Waals surface area (Å²) in [5, 5.41) is 24.9. The molecule has 0 spiro atoms. The lowest BCUT2D eigenvalue weighted by Crippen LogP contribution is -2.30. The Kier molecular flexibility index (Phi) is 6.43. The number of hydrogen-bond acceptors (Lipinski definition) is 6. The van der Waals surface area contributed by atoms with Gasteiger partial charge in [-0.05, 0) is 36.2 Å². The van der Waals surface area contributed by atoms with E-state index < -0.39 is 6.04 Å². The highest BCUT2D eigenvalue weighted by atomic mass is 16.3. The molecule has 1 amide bonds. The van der Waals surface area contributed by atoms with Crippen molar-refractivity contribution in [3.8, 4) is 17.3 Å². The first-order valence-electron chi connectivity index (χ1n) is 10.3. The van der Waals surface area contributed by atoms with Crippen LogP contribution in [0.25, 0.3) is 11.3 Å². The van der Waals surface area contributed by atoms with Gasteiger partial charge in [0.25, 0.3) is 5.91 Å². The Morgan fingerprint density at radius 2 is 1.94 bits per heavy atom. The number of benzene rings is 2. The molecule has 2 aromatic carbocycles. The quantitative estimate of drug-likeness (QED) is 0.347. The number of aliphatic hydroxyl groups is 1. The molecule has 0 aliphatic heterocycles. The molecule has 4 aromatic rings. The van der Waals surface area contributed by atoms with Crippen LogP contribution in [0.3, 0.4) is 0 Å². The van der Waals surface area contributed by atoms with E-state index in [1.54, 1.807) is 36.7 Å². The summed E-state index contributed by atoms with van der Waals surface area (Å²) in [6.45, 7) is 1.67. The standard InChI is InChI=1S/C25H22N6O2/c1-16-13-28-25(30-20-10-6-5-9-18(20)12-26)31-23(16)19-11-21(27-14-19)24(33)29-22(15-32)17-7-3-2-4-8-17/h2-11,13-14,22,27,32H,15H2,1H3,(H,29,33)(H,28,30,31)/t22-/m1/s1. The first-order valence-corrected chi connectivity index (χ1v) is 10.3. The van der Waals surface area contributed by atoms with Crippen LogP contribution >= 0.6 is 0 Å². The fraction of sp³-hybridized carbons (Fsp3) is 0.120. The van der Waals surface area contributed by atoms with E-state index in [4.69, 9.17) is 0 Å². The predicted molar refractivity (Wildman–Crippen MR) is 125 cm³/mol. The lowest BCUT2D eigenvalue weighted by molar-refractivity contribution is 0.0912. The highest BCUT2D eigenvalue weighted by molar-refractivity contribution is 5.94. The maximum atomic E-state index is 12.8. The number of nitrogens with zero attached hydrogens (tertiary/aromatic N) is 3. The van der Waals surface area contributed by atoms with Crippen molar-refractivity contribution in [3.05, 3.63) is 95.4 Å². The molecule has 33 heavy (non-hydrogen) atoms. The molecule has 4 rings (SSSR count). The van der Waals surface area contributed by atoms with Gasteiger partial charge in [-0.25, -0.2) is 9.97 Å². The van der Waals surface area contributed by atoms with Gasteiger partial charge in [0.2, 0.25) is 5.95 Å². The van der Waals surface area contributed by atoms with Gasteiger partial charge in [0.05, 0.1) is 29.6 Å². The van der Waals surface area contributed by atoms with Crippen molar-refractivity contribution in [2.24, 2.45) is 0 Å². The molecule has 8 heteroatoms. The Labute approximate surface area is 191 Å². The number of para-hydroxylation sites is 1. The van der Waals surface area contributed by atoms with Crippen LogP contribution < -0.4 is 10.6 Å². The topological polar surface area (TPSA) is 127 Å². The molecule has 0 aliphatic carbocycles. The van der Waals surface area contributed by atoms with Crippen molar-refractivity contribution < 1.29 is 9.90 Å². The number of anilines is 2. The van der Waals surface area contributed by atoms with Crippen LogP contribution in [-0.2, 0) is 0 Å². The average molecular weight is 438 g/mol. The van der Waals surface area contributed by atoms with E-state index in [2.05, 4.69) is 31.7 Å². The van der Waals surface area contributed by atoms with Crippen LogP contribution in [-0.4, -0.2) is 32.6 Å². The van der Waals surface area contributed by atoms with Crippen molar-refractivity contribution in [1.29, 1.82) is 5.26 Å². The second-order valence-corrected chi connectivity index (χ2v) is 7.43. The summed E-state index contributed by atoms with van der Waals surface area (Å²) in [4.78, 5) is 24.6. The minimum absolute atomic E-state index is 0.215. The van der Waals surface area contributed by atoms with E-state index in [9.17, 15) is 15.2 Å². The van der Waals surface area contributed by atoms with E-state index in [1.807, 2.05) is 43.3 Å². The molecule has 0 unspecified atom stereocenters. The molecule has 0 bridgehead atoms. The highest BCUT2D eigenvalue weighted by Crippen LogP contribution is 2.25. The molecule has 0 aliphatic rings. The molecule has 164 valence electrons. The Morgan fingerprint density at radius 1 is 1.18 bits per heavy atom. The van der Waals surface area contributed by atoms with Gasteiger partial charge in [0, 0.05) is 18.0 Å². The predicted octanol–water partition coefficient (Wildman–Crippen LogP) is 3.86. The zero-order chi connectivity index (χ0) is 23.2. The minimum Gasteiger partial charge on any atom is -0.394 e. The van der Waals surface area contributed by atoms with Crippen molar-refractivity contribution >= 4 is 17.5 Å². The molecule has 8 nitrogen and oxygen atoms in total. The van der Waals surface area contributed by atoms with Gasteiger partial charge in [-0.1, -0.05) is 42.5 Å². The summed E-state index contributed by atoms with van der Waals surface area (Å²) in [7, 11) is 0. The second kappa shape index (κ2) is 9.77. The molecule has 2 aromatic heterocycles. The molecule has 0 radical (unpaired) electrons. The molecule has 0 saturated heterocycles. The summed E-state index contributed by atoms with van der Waals surface area (Å²) in [6.07, 6.45) is 3.39. The average Bonchev–Trinajstić information content (AvgIpc) is 3.35. The summed E-state index contributed by atoms with van der Waals surface area (Å²) >= 11 is 0. The summed E-state index contributed by atoms with van der Waals surface area (Å²) in [5.74, 6) is 0.00656. The fourth-order valence-corrected chi connectivity index (χ4v) is 3.42. The molecule has 4 N–H and O–H groups in total. The van der Waals surface area contributed by atoms with Gasteiger partial charge in [-0.15, -0.1) is 0 Å². The monoisotopic (exact) mass is 438 g/mol. The van der Waals surface area contributed by atoms with Crippen LogP contribution in [0.5, 0.6) is 0 Å². The van der Waals surface area contributed by atoms with Gasteiger partial charge in [0.1, 0.15) is 11.8 Å². The van der Waals surface area contributed by atoms with Crippen LogP contribution in [0.4, 0.5) is 11.6 Å². The van der Waals surface area contributed by atoms with Crippen LogP contribution in [0, 0.1) is 18.3 Å². The zero-order valence-electron chi connectivity index (χ0n) is 17.9. The number of hydrogen-bond donors (Lipinski definition) is 4. The normalized spacial score (nSPS) is 11.4. The Hall–Kier alpha value is -4.48. The van der Waals surface area contributed by atoms with Crippen molar-refractivity contribution in [2.75, 3.05) is 11.9 Å². The van der Waals surface area contributed by atoms with E-state index in [0.717, 1.165) is 16.7 Å². The molecular formula is C25H22N6O2. The largest absolute Gasteiger partial charge is 0.394 e. The van der Waals surface area contributed by atoms with Crippen molar-refractivity contribution in [1.82, 2.24) is 20.3 Å². The number of aryl methyl sites for hydroxylation is 1. The number of aliphatic hydroxyl groups excluding tert-OH is 1. The number of carbonyl (C=O) groups is 1. The summed E-state index contributed by atoms with van der Waals surface area (Å²) in [5.41, 5.74) is 4.47. The number of nitrogens with one attached hydrogen (secondary N) is 3. The van der Waals surface area contributed by atoms with Crippen LogP contribution in [0.15, 0.2) is 73.1 Å². The van der Waals surface area contributed by atoms with Gasteiger partial charge < -0.3 is 20.7 Å². The third kappa shape index (κ3) is 4.89. The Morgan fingerprint density at radius 3 is 2.70 bits per heavy atom. The smallest absolute Gasteiger partial charge is 0.268 e. The highest BCUT2D eigenvalue weighted by Gasteiger charge is 2.17. The number of nitriles is 1. The molecular weight excluding hydrogens is 416 g/mol. The van der Waals surface area contributed by atoms with Gasteiger partial charge in [-0.2, -0.15) is 5.26 Å². The zero-order valence-corrected chi connectivity index (χ0v) is 17.9. The summed E-state index contributed by atoms with van der Waals surface area (Å²) in [6, 6.07) is 19.7. The van der Waals surface area contributed by atoms with E-state index in [0.29, 0.717) is 28.6 Å². The summed E-state index contributed by atoms with van der Waals surface area (Å²) < 4.78 is 0.